The second kappa shape index (κ2) is 8.81. The van der Waals surface area contributed by atoms with Crippen LogP contribution in [0.25, 0.3) is 0 Å². The molecule has 0 spiro atoms. The summed E-state index contributed by atoms with van der Waals surface area (Å²) in [5, 5.41) is 6.88. The van der Waals surface area contributed by atoms with Gasteiger partial charge in [-0.2, -0.15) is 17.6 Å². The Morgan fingerprint density at radius 2 is 1.77 bits per heavy atom. The molecule has 0 atom stereocenters. The minimum absolute atomic E-state index is 0.0550. The summed E-state index contributed by atoms with van der Waals surface area (Å²) < 4.78 is 72.1. The third-order valence-corrected chi connectivity index (χ3v) is 3.86. The van der Waals surface area contributed by atoms with Gasteiger partial charge in [0, 0.05) is 18.8 Å². The number of carbonyl (C=O) groups is 1. The predicted octanol–water partition coefficient (Wildman–Crippen LogP) is 5.25. The SMILES string of the molecule is CNc1cc(Oc2ccc(NC(=O)Nc3cccc(C(F)(F)F)c3)c(F)c2F)ncn1. The fourth-order valence-corrected chi connectivity index (χ4v) is 2.41. The Morgan fingerprint density at radius 3 is 2.48 bits per heavy atom. The standard InChI is InChI=1S/C19H14F5N5O2/c1-25-14-8-15(27-9-26-14)31-13-6-5-12(16(20)17(13)21)29-18(30)28-11-4-2-3-10(7-11)19(22,23)24/h2-9H,1H3,(H,25,26,27)(H2,28,29,30). The molecule has 3 rings (SSSR count). The number of nitrogens with one attached hydrogen (secondary N) is 3. The molecule has 0 aliphatic carbocycles. The highest BCUT2D eigenvalue weighted by Gasteiger charge is 2.30. The van der Waals surface area contributed by atoms with Gasteiger partial charge in [-0.15, -0.1) is 0 Å². The molecular formula is C19H14F5N5O2. The number of aromatic nitrogens is 2. The zero-order valence-electron chi connectivity index (χ0n) is 15.7. The molecule has 7 nitrogen and oxygen atoms in total. The van der Waals surface area contributed by atoms with E-state index in [1.165, 1.54) is 12.1 Å². The van der Waals surface area contributed by atoms with Crippen LogP contribution in [0.15, 0.2) is 48.8 Å². The lowest BCUT2D eigenvalue weighted by Crippen LogP contribution is -2.20. The van der Waals surface area contributed by atoms with Gasteiger partial charge in [0.1, 0.15) is 12.1 Å². The first-order valence-corrected chi connectivity index (χ1v) is 8.58. The Labute approximate surface area is 172 Å². The molecule has 162 valence electrons. The second-order valence-electron chi connectivity index (χ2n) is 5.99. The van der Waals surface area contributed by atoms with Crippen LogP contribution in [-0.2, 0) is 6.18 Å². The summed E-state index contributed by atoms with van der Waals surface area (Å²) in [7, 11) is 1.59. The molecule has 0 unspecified atom stereocenters. The molecule has 0 saturated heterocycles. The van der Waals surface area contributed by atoms with Gasteiger partial charge in [-0.3, -0.25) is 0 Å². The van der Waals surface area contributed by atoms with E-state index >= 15 is 0 Å². The number of benzene rings is 2. The summed E-state index contributed by atoms with van der Waals surface area (Å²) in [6.07, 6.45) is -3.44. The van der Waals surface area contributed by atoms with E-state index in [4.69, 9.17) is 4.74 Å². The van der Waals surface area contributed by atoms with Crippen molar-refractivity contribution in [3.05, 3.63) is 66.0 Å². The van der Waals surface area contributed by atoms with Crippen LogP contribution < -0.4 is 20.7 Å². The maximum absolute atomic E-state index is 14.3. The molecule has 31 heavy (non-hydrogen) atoms. The van der Waals surface area contributed by atoms with Crippen LogP contribution >= 0.6 is 0 Å². The highest BCUT2D eigenvalue weighted by molar-refractivity contribution is 5.99. The van der Waals surface area contributed by atoms with Gasteiger partial charge in [0.05, 0.1) is 11.3 Å². The quantitative estimate of drug-likeness (QED) is 0.473. The Morgan fingerprint density at radius 1 is 1.00 bits per heavy atom. The molecule has 1 heterocycles. The van der Waals surface area contributed by atoms with E-state index in [2.05, 4.69) is 20.6 Å². The molecule has 0 bridgehead atoms. The molecule has 0 aliphatic rings. The lowest BCUT2D eigenvalue weighted by molar-refractivity contribution is -0.137. The van der Waals surface area contributed by atoms with Crippen LogP contribution in [0.5, 0.6) is 11.6 Å². The summed E-state index contributed by atoms with van der Waals surface area (Å²) in [4.78, 5) is 19.6. The minimum Gasteiger partial charge on any atom is -0.436 e. The molecule has 0 radical (unpaired) electrons. The summed E-state index contributed by atoms with van der Waals surface area (Å²) in [5.74, 6) is -3.00. The van der Waals surface area contributed by atoms with E-state index < -0.39 is 40.8 Å². The first-order chi connectivity index (χ1) is 14.7. The van der Waals surface area contributed by atoms with Gasteiger partial charge < -0.3 is 20.7 Å². The average molecular weight is 439 g/mol. The summed E-state index contributed by atoms with van der Waals surface area (Å²) >= 11 is 0. The molecular weight excluding hydrogens is 425 g/mol. The van der Waals surface area contributed by atoms with Gasteiger partial charge in [0.15, 0.2) is 11.6 Å². The van der Waals surface area contributed by atoms with Crippen LogP contribution in [0.3, 0.4) is 0 Å². The summed E-state index contributed by atoms with van der Waals surface area (Å²) in [6.45, 7) is 0. The molecule has 3 N–H and O–H groups in total. The van der Waals surface area contributed by atoms with Crippen LogP contribution in [0.1, 0.15) is 5.56 Å². The third kappa shape index (κ3) is 5.35. The maximum atomic E-state index is 14.3. The summed E-state index contributed by atoms with van der Waals surface area (Å²) in [5.41, 5.74) is -1.71. The number of carbonyl (C=O) groups excluding carboxylic acids is 1. The van der Waals surface area contributed by atoms with Crippen LogP contribution in [0.2, 0.25) is 0 Å². The molecule has 3 aromatic rings. The van der Waals surface area contributed by atoms with Gasteiger partial charge >= 0.3 is 12.2 Å². The zero-order chi connectivity index (χ0) is 22.6. The molecule has 0 aliphatic heterocycles. The fourth-order valence-electron chi connectivity index (χ4n) is 2.41. The fraction of sp³-hybridized carbons (Fsp3) is 0.105. The summed E-state index contributed by atoms with van der Waals surface area (Å²) in [6, 6.07) is 6.20. The minimum atomic E-state index is -4.60. The number of hydrogen-bond donors (Lipinski definition) is 3. The largest absolute Gasteiger partial charge is 0.436 e. The normalized spacial score (nSPS) is 11.0. The molecule has 2 amide bonds. The topological polar surface area (TPSA) is 88.2 Å². The van der Waals surface area contributed by atoms with E-state index in [1.54, 1.807) is 7.05 Å². The van der Waals surface area contributed by atoms with Crippen LogP contribution in [-0.4, -0.2) is 23.0 Å². The highest BCUT2D eigenvalue weighted by Crippen LogP contribution is 2.31. The van der Waals surface area contributed by atoms with E-state index in [-0.39, 0.29) is 11.6 Å². The molecule has 1 aromatic heterocycles. The highest BCUT2D eigenvalue weighted by atomic mass is 19.4. The number of anilines is 3. The van der Waals surface area contributed by atoms with Gasteiger partial charge in [-0.05, 0) is 30.3 Å². The van der Waals surface area contributed by atoms with E-state index in [1.807, 2.05) is 5.32 Å². The Balaban J connectivity index is 1.72. The number of hydrogen-bond acceptors (Lipinski definition) is 5. The first kappa shape index (κ1) is 21.7. The second-order valence-corrected chi connectivity index (χ2v) is 5.99. The van der Waals surface area contributed by atoms with E-state index in [9.17, 15) is 26.7 Å². The predicted molar refractivity (Wildman–Crippen MR) is 102 cm³/mol. The van der Waals surface area contributed by atoms with Crippen molar-refractivity contribution >= 4 is 23.2 Å². The van der Waals surface area contributed by atoms with Crippen LogP contribution in [0, 0.1) is 11.6 Å². The Kier molecular flexibility index (Phi) is 6.18. The van der Waals surface area contributed by atoms with Gasteiger partial charge in [0.25, 0.3) is 0 Å². The number of rotatable bonds is 5. The molecule has 0 saturated carbocycles. The third-order valence-electron chi connectivity index (χ3n) is 3.86. The van der Waals surface area contributed by atoms with Crippen molar-refractivity contribution in [1.29, 1.82) is 0 Å². The number of urea groups is 1. The number of amides is 2. The van der Waals surface area contributed by atoms with E-state index in [0.29, 0.717) is 11.9 Å². The van der Waals surface area contributed by atoms with Gasteiger partial charge in [0.2, 0.25) is 11.7 Å². The molecule has 12 heteroatoms. The van der Waals surface area contributed by atoms with Crippen molar-refractivity contribution in [3.8, 4) is 11.6 Å². The molecule has 2 aromatic carbocycles. The lowest BCUT2D eigenvalue weighted by atomic mass is 10.2. The van der Waals surface area contributed by atoms with Crippen molar-refractivity contribution in [2.45, 2.75) is 6.18 Å². The Hall–Kier alpha value is -3.96. The first-order valence-electron chi connectivity index (χ1n) is 8.58. The van der Waals surface area contributed by atoms with Crippen molar-refractivity contribution in [1.82, 2.24) is 9.97 Å². The zero-order valence-corrected chi connectivity index (χ0v) is 15.7. The van der Waals surface area contributed by atoms with Crippen molar-refractivity contribution < 1.29 is 31.5 Å². The number of alkyl halides is 3. The van der Waals surface area contributed by atoms with Gasteiger partial charge in [-0.25, -0.2) is 19.2 Å². The smallest absolute Gasteiger partial charge is 0.416 e. The monoisotopic (exact) mass is 439 g/mol. The number of ether oxygens (including phenoxy) is 1. The maximum Gasteiger partial charge on any atom is 0.416 e. The average Bonchev–Trinajstić information content (AvgIpc) is 2.73. The number of nitrogens with zero attached hydrogens (tertiary/aromatic N) is 2. The lowest BCUT2D eigenvalue weighted by Gasteiger charge is -2.12. The van der Waals surface area contributed by atoms with Crippen molar-refractivity contribution in [2.24, 2.45) is 0 Å². The number of halogens is 5. The Bertz CT molecular complexity index is 1110. The molecule has 0 fully saturated rings. The van der Waals surface area contributed by atoms with E-state index in [0.717, 1.165) is 30.6 Å². The van der Waals surface area contributed by atoms with Gasteiger partial charge in [-0.1, -0.05) is 6.07 Å². The van der Waals surface area contributed by atoms with Crippen molar-refractivity contribution in [2.75, 3.05) is 23.0 Å². The van der Waals surface area contributed by atoms with Crippen molar-refractivity contribution in [3.63, 3.8) is 0 Å². The van der Waals surface area contributed by atoms with Crippen LogP contribution in [0.4, 0.5) is 43.9 Å².